The Hall–Kier alpha value is -2.40. The predicted molar refractivity (Wildman–Crippen MR) is 76.0 cm³/mol. The first-order valence-electron chi connectivity index (χ1n) is 6.18. The van der Waals surface area contributed by atoms with E-state index < -0.39 is 0 Å². The number of pyridine rings is 1. The van der Waals surface area contributed by atoms with Crippen LogP contribution in [0.1, 0.15) is 22.4 Å². The maximum Gasteiger partial charge on any atom is 0.145 e. The normalized spacial score (nSPS) is 11.1. The van der Waals surface area contributed by atoms with E-state index in [0.717, 1.165) is 5.56 Å². The number of hydrogen-bond acceptors (Lipinski definition) is 5. The van der Waals surface area contributed by atoms with Gasteiger partial charge in [-0.3, -0.25) is 9.98 Å². The van der Waals surface area contributed by atoms with Crippen molar-refractivity contribution in [1.29, 1.82) is 0 Å². The molecule has 0 radical (unpaired) electrons. The zero-order valence-corrected chi connectivity index (χ0v) is 11.1. The fourth-order valence-corrected chi connectivity index (χ4v) is 1.77. The van der Waals surface area contributed by atoms with E-state index in [1.165, 1.54) is 12.4 Å². The molecule has 2 rings (SSSR count). The van der Waals surface area contributed by atoms with Crippen molar-refractivity contribution in [2.45, 2.75) is 20.1 Å². The van der Waals surface area contributed by atoms with Crippen molar-refractivity contribution in [2.75, 3.05) is 0 Å². The van der Waals surface area contributed by atoms with Crippen molar-refractivity contribution in [1.82, 2.24) is 4.98 Å². The zero-order valence-electron chi connectivity index (χ0n) is 11.1. The Morgan fingerprint density at radius 2 is 1.90 bits per heavy atom. The third-order valence-corrected chi connectivity index (χ3v) is 2.96. The Morgan fingerprint density at radius 3 is 2.55 bits per heavy atom. The summed E-state index contributed by atoms with van der Waals surface area (Å²) in [4.78, 5) is 8.23. The zero-order chi connectivity index (χ0) is 14.5. The van der Waals surface area contributed by atoms with Gasteiger partial charge in [0, 0.05) is 23.5 Å². The van der Waals surface area contributed by atoms with Gasteiger partial charge in [0.25, 0.3) is 0 Å². The summed E-state index contributed by atoms with van der Waals surface area (Å²) >= 11 is 0. The van der Waals surface area contributed by atoms with Crippen LogP contribution in [0.2, 0.25) is 0 Å². The second-order valence-corrected chi connectivity index (χ2v) is 4.43. The Bertz CT molecular complexity index is 622. The summed E-state index contributed by atoms with van der Waals surface area (Å²) in [6.07, 6.45) is 3.05. The molecule has 0 unspecified atom stereocenters. The van der Waals surface area contributed by atoms with Crippen LogP contribution in [0.4, 0.5) is 0 Å². The maximum atomic E-state index is 9.95. The quantitative estimate of drug-likeness (QED) is 0.742. The lowest BCUT2D eigenvalue weighted by atomic mass is 10.1. The van der Waals surface area contributed by atoms with E-state index in [0.29, 0.717) is 23.4 Å². The summed E-state index contributed by atoms with van der Waals surface area (Å²) in [5.41, 5.74) is 2.45. The summed E-state index contributed by atoms with van der Waals surface area (Å²) in [5.74, 6) is 0.244. The van der Waals surface area contributed by atoms with Crippen LogP contribution in [-0.2, 0) is 13.2 Å². The van der Waals surface area contributed by atoms with Gasteiger partial charge in [-0.2, -0.15) is 0 Å². The van der Waals surface area contributed by atoms with E-state index in [1.54, 1.807) is 31.2 Å². The molecule has 0 amide bonds. The standard InChI is InChI=1S/C15H16N2O3/c1-10-15(20)14(12(9-18)7-17-10)8-16-6-11-2-4-13(19)5-3-11/h2-5,7-8,18-20H,6,9H2,1H3. The van der Waals surface area contributed by atoms with E-state index in [1.807, 2.05) is 0 Å². The summed E-state index contributed by atoms with van der Waals surface area (Å²) in [6.45, 7) is 1.90. The third-order valence-electron chi connectivity index (χ3n) is 2.96. The number of rotatable bonds is 4. The molecule has 0 aliphatic rings. The summed E-state index contributed by atoms with van der Waals surface area (Å²) < 4.78 is 0. The van der Waals surface area contributed by atoms with Crippen LogP contribution in [0.15, 0.2) is 35.5 Å². The molecule has 0 atom stereocenters. The van der Waals surface area contributed by atoms with Gasteiger partial charge in [0.2, 0.25) is 0 Å². The minimum atomic E-state index is -0.207. The first-order valence-corrected chi connectivity index (χ1v) is 6.18. The summed E-state index contributed by atoms with van der Waals surface area (Å²) in [6, 6.07) is 6.74. The van der Waals surface area contributed by atoms with Crippen LogP contribution in [0.25, 0.3) is 0 Å². The molecular weight excluding hydrogens is 256 g/mol. The highest BCUT2D eigenvalue weighted by molar-refractivity contribution is 5.85. The first kappa shape index (κ1) is 14.0. The van der Waals surface area contributed by atoms with Crippen molar-refractivity contribution in [3.63, 3.8) is 0 Å². The molecule has 20 heavy (non-hydrogen) atoms. The number of nitrogens with zero attached hydrogens (tertiary/aromatic N) is 2. The van der Waals surface area contributed by atoms with Gasteiger partial charge >= 0.3 is 0 Å². The minimum absolute atomic E-state index is 0.0333. The molecule has 0 spiro atoms. The maximum absolute atomic E-state index is 9.95. The van der Waals surface area contributed by atoms with Crippen molar-refractivity contribution < 1.29 is 15.3 Å². The molecule has 2 aromatic rings. The van der Waals surface area contributed by atoms with E-state index in [4.69, 9.17) is 0 Å². The number of phenols is 1. The van der Waals surface area contributed by atoms with Crippen molar-refractivity contribution >= 4 is 6.21 Å². The number of aromatic hydroxyl groups is 2. The van der Waals surface area contributed by atoms with Gasteiger partial charge in [-0.05, 0) is 24.6 Å². The molecule has 1 aromatic carbocycles. The van der Waals surface area contributed by atoms with E-state index in [2.05, 4.69) is 9.98 Å². The number of aliphatic imine (C=N–C) groups is 1. The Balaban J connectivity index is 2.19. The molecule has 104 valence electrons. The second kappa shape index (κ2) is 6.16. The molecule has 0 bridgehead atoms. The monoisotopic (exact) mass is 272 g/mol. The third kappa shape index (κ3) is 3.13. The first-order chi connectivity index (χ1) is 9.61. The lowest BCUT2D eigenvalue weighted by Gasteiger charge is -2.07. The van der Waals surface area contributed by atoms with E-state index >= 15 is 0 Å². The number of aromatic nitrogens is 1. The number of aliphatic hydroxyl groups excluding tert-OH is 1. The van der Waals surface area contributed by atoms with Crippen LogP contribution < -0.4 is 0 Å². The van der Waals surface area contributed by atoms with Crippen LogP contribution >= 0.6 is 0 Å². The number of benzene rings is 1. The Kier molecular flexibility index (Phi) is 4.32. The fraction of sp³-hybridized carbons (Fsp3) is 0.200. The smallest absolute Gasteiger partial charge is 0.145 e. The largest absolute Gasteiger partial charge is 0.508 e. The molecule has 0 aliphatic heterocycles. The highest BCUT2D eigenvalue weighted by Gasteiger charge is 2.08. The number of aliphatic hydroxyl groups is 1. The molecule has 0 aliphatic carbocycles. The van der Waals surface area contributed by atoms with Gasteiger partial charge in [0.1, 0.15) is 11.5 Å². The van der Waals surface area contributed by atoms with Crippen LogP contribution in [0, 0.1) is 6.92 Å². The van der Waals surface area contributed by atoms with Gasteiger partial charge in [-0.15, -0.1) is 0 Å². The Labute approximate surface area is 116 Å². The van der Waals surface area contributed by atoms with Crippen LogP contribution in [0.5, 0.6) is 11.5 Å². The van der Waals surface area contributed by atoms with Crippen LogP contribution in [-0.4, -0.2) is 26.5 Å². The van der Waals surface area contributed by atoms with Crippen molar-refractivity contribution in [3.05, 3.63) is 52.8 Å². The molecule has 3 N–H and O–H groups in total. The second-order valence-electron chi connectivity index (χ2n) is 4.43. The molecule has 0 fully saturated rings. The average Bonchev–Trinajstić information content (AvgIpc) is 2.46. The summed E-state index contributed by atoms with van der Waals surface area (Å²) in [7, 11) is 0. The lowest BCUT2D eigenvalue weighted by molar-refractivity contribution is 0.280. The van der Waals surface area contributed by atoms with Gasteiger partial charge in [0.15, 0.2) is 0 Å². The highest BCUT2D eigenvalue weighted by atomic mass is 16.3. The van der Waals surface area contributed by atoms with Gasteiger partial charge in [-0.1, -0.05) is 12.1 Å². The predicted octanol–water partition coefficient (Wildman–Crippen LogP) is 1.91. The molecule has 0 saturated heterocycles. The lowest BCUT2D eigenvalue weighted by Crippen LogP contribution is -1.98. The van der Waals surface area contributed by atoms with Gasteiger partial charge in [0.05, 0.1) is 18.8 Å². The SMILES string of the molecule is Cc1ncc(CO)c(C=NCc2ccc(O)cc2)c1O. The Morgan fingerprint density at radius 1 is 1.20 bits per heavy atom. The van der Waals surface area contributed by atoms with Crippen molar-refractivity contribution in [2.24, 2.45) is 4.99 Å². The van der Waals surface area contributed by atoms with E-state index in [9.17, 15) is 15.3 Å². The minimum Gasteiger partial charge on any atom is -0.508 e. The van der Waals surface area contributed by atoms with Gasteiger partial charge < -0.3 is 15.3 Å². The summed E-state index contributed by atoms with van der Waals surface area (Å²) in [5, 5.41) is 28.4. The number of hydrogen-bond donors (Lipinski definition) is 3. The average molecular weight is 272 g/mol. The molecule has 0 saturated carbocycles. The van der Waals surface area contributed by atoms with Gasteiger partial charge in [-0.25, -0.2) is 0 Å². The van der Waals surface area contributed by atoms with Crippen LogP contribution in [0.3, 0.4) is 0 Å². The number of aryl methyl sites for hydroxylation is 1. The number of phenolic OH excluding ortho intramolecular Hbond substituents is 1. The molecular formula is C15H16N2O3. The molecule has 1 heterocycles. The highest BCUT2D eigenvalue weighted by Crippen LogP contribution is 2.22. The van der Waals surface area contributed by atoms with Crippen molar-refractivity contribution in [3.8, 4) is 11.5 Å². The van der Waals surface area contributed by atoms with E-state index in [-0.39, 0.29) is 18.1 Å². The molecule has 5 heteroatoms. The molecule has 5 nitrogen and oxygen atoms in total. The topological polar surface area (TPSA) is 85.9 Å². The molecule has 1 aromatic heterocycles. The fourth-order valence-electron chi connectivity index (χ4n) is 1.77.